The van der Waals surface area contributed by atoms with Crippen molar-refractivity contribution in [3.8, 4) is 5.75 Å². The molecule has 236 valence electrons. The van der Waals surface area contributed by atoms with Gasteiger partial charge in [-0.3, -0.25) is 28.6 Å². The highest BCUT2D eigenvalue weighted by molar-refractivity contribution is 7.07. The lowest BCUT2D eigenvalue weighted by atomic mass is 9.90. The van der Waals surface area contributed by atoms with Crippen LogP contribution in [0.2, 0.25) is 0 Å². The van der Waals surface area contributed by atoms with Gasteiger partial charge in [0, 0.05) is 24.2 Å². The fourth-order valence-corrected chi connectivity index (χ4v) is 7.46. The molecule has 0 saturated heterocycles. The Morgan fingerprint density at radius 3 is 2.41 bits per heavy atom. The predicted molar refractivity (Wildman–Crippen MR) is 177 cm³/mol. The summed E-state index contributed by atoms with van der Waals surface area (Å²) >= 11 is 1.10. The molecule has 10 nitrogen and oxygen atoms in total. The number of ether oxygens (including phenoxy) is 2. The van der Waals surface area contributed by atoms with Gasteiger partial charge in [-0.15, -0.1) is 0 Å². The number of anilines is 1. The Morgan fingerprint density at radius 1 is 0.978 bits per heavy atom. The van der Waals surface area contributed by atoms with E-state index in [0.717, 1.165) is 22.1 Å². The average Bonchev–Trinajstić information content (AvgIpc) is 3.52. The third-order valence-electron chi connectivity index (χ3n) is 8.45. The maximum absolute atomic E-state index is 14.7. The van der Waals surface area contributed by atoms with Gasteiger partial charge < -0.3 is 14.4 Å². The lowest BCUT2D eigenvalue weighted by molar-refractivity contribution is -0.142. The number of methoxy groups -OCH3 is 1. The fraction of sp³-hybridized carbons (Fsp3) is 0.286. The Balaban J connectivity index is 1.67. The Bertz CT molecular complexity index is 2120. The highest BCUT2D eigenvalue weighted by Crippen LogP contribution is 2.41. The maximum Gasteiger partial charge on any atom is 0.326 e. The normalized spacial score (nSPS) is 16.7. The molecule has 0 unspecified atom stereocenters. The SMILES string of the molecule is CCOC(=O)CN1C(=O)/C(=c2\sc3n(c2=O)[C@H](c2c(OC)ccc4ccccc24)C(C(=O)N(CC)CC)=C(C)N=3)c2ccccc21. The van der Waals surface area contributed by atoms with Crippen molar-refractivity contribution in [1.29, 1.82) is 0 Å². The number of hydrogen-bond donors (Lipinski definition) is 0. The van der Waals surface area contributed by atoms with Crippen LogP contribution in [0.15, 0.2) is 81.7 Å². The van der Waals surface area contributed by atoms with Gasteiger partial charge >= 0.3 is 5.97 Å². The summed E-state index contributed by atoms with van der Waals surface area (Å²) in [5, 5.41) is 1.74. The molecule has 3 aromatic carbocycles. The number of para-hydroxylation sites is 1. The standard InChI is InChI=1S/C35H34N4O6S/c1-6-37(7-2)32(41)27-20(4)36-35-39(30(27)28-22-14-10-9-13-21(22)17-18-25(28)44-5)34(43)31(46-35)29-23-15-11-12-16-24(23)38(33(29)42)19-26(40)45-8-3/h9-18,30H,6-8,19H2,1-5H3/b31-29-/t30-/m0/s1. The van der Waals surface area contributed by atoms with Crippen LogP contribution in [0.3, 0.4) is 0 Å². The first-order chi connectivity index (χ1) is 22.2. The molecule has 0 saturated carbocycles. The van der Waals surface area contributed by atoms with Crippen LogP contribution in [-0.2, 0) is 19.1 Å². The first-order valence-electron chi connectivity index (χ1n) is 15.2. The molecular formula is C35H34N4O6S. The third kappa shape index (κ3) is 4.91. The first-order valence-corrected chi connectivity index (χ1v) is 16.0. The maximum atomic E-state index is 14.7. The van der Waals surface area contributed by atoms with Crippen LogP contribution < -0.4 is 24.5 Å². The lowest BCUT2D eigenvalue weighted by Gasteiger charge is -2.30. The molecule has 6 rings (SSSR count). The number of hydrogen-bond acceptors (Lipinski definition) is 8. The molecule has 2 aliphatic rings. The minimum atomic E-state index is -0.887. The zero-order chi connectivity index (χ0) is 32.7. The van der Waals surface area contributed by atoms with E-state index >= 15 is 0 Å². The van der Waals surface area contributed by atoms with Crippen LogP contribution in [0.25, 0.3) is 16.3 Å². The van der Waals surface area contributed by atoms with E-state index in [1.165, 1.54) is 9.47 Å². The predicted octanol–water partition coefficient (Wildman–Crippen LogP) is 3.55. The van der Waals surface area contributed by atoms with E-state index in [1.54, 1.807) is 50.1 Å². The van der Waals surface area contributed by atoms with Crippen molar-refractivity contribution in [2.45, 2.75) is 33.7 Å². The largest absolute Gasteiger partial charge is 0.496 e. The van der Waals surface area contributed by atoms with E-state index in [4.69, 9.17) is 14.5 Å². The zero-order valence-corrected chi connectivity index (χ0v) is 27.1. The van der Waals surface area contributed by atoms with E-state index in [1.807, 2.05) is 50.2 Å². The van der Waals surface area contributed by atoms with Gasteiger partial charge in [0.2, 0.25) is 0 Å². The molecule has 2 aliphatic heterocycles. The number of aromatic nitrogens is 1. The summed E-state index contributed by atoms with van der Waals surface area (Å²) in [6.45, 7) is 8.14. The van der Waals surface area contributed by atoms with E-state index in [9.17, 15) is 19.2 Å². The van der Waals surface area contributed by atoms with Crippen LogP contribution in [-0.4, -0.2) is 60.6 Å². The fourth-order valence-electron chi connectivity index (χ4n) is 6.33. The smallest absolute Gasteiger partial charge is 0.326 e. The molecule has 2 amide bonds. The van der Waals surface area contributed by atoms with Crippen molar-refractivity contribution >= 4 is 51.2 Å². The van der Waals surface area contributed by atoms with E-state index in [-0.39, 0.29) is 29.2 Å². The number of esters is 1. The minimum absolute atomic E-state index is 0.177. The van der Waals surface area contributed by atoms with Gasteiger partial charge in [0.25, 0.3) is 17.4 Å². The van der Waals surface area contributed by atoms with Gasteiger partial charge in [0.15, 0.2) is 4.80 Å². The Hall–Kier alpha value is -5.03. The highest BCUT2D eigenvalue weighted by Gasteiger charge is 2.39. The van der Waals surface area contributed by atoms with E-state index in [2.05, 4.69) is 0 Å². The summed E-state index contributed by atoms with van der Waals surface area (Å²) in [6, 6.07) is 17.7. The summed E-state index contributed by atoms with van der Waals surface area (Å²) < 4.78 is 12.7. The van der Waals surface area contributed by atoms with Gasteiger partial charge in [-0.2, -0.15) is 0 Å². The number of nitrogens with zero attached hydrogens (tertiary/aromatic N) is 4. The molecule has 3 heterocycles. The second-order valence-corrected chi connectivity index (χ2v) is 11.8. The van der Waals surface area contributed by atoms with Gasteiger partial charge in [0.05, 0.1) is 36.2 Å². The van der Waals surface area contributed by atoms with Crippen molar-refractivity contribution in [3.05, 3.63) is 103 Å². The van der Waals surface area contributed by atoms with Crippen LogP contribution in [0, 0.1) is 0 Å². The van der Waals surface area contributed by atoms with Crippen LogP contribution in [0.1, 0.15) is 44.9 Å². The first kappa shape index (κ1) is 31.0. The number of benzene rings is 3. The monoisotopic (exact) mass is 638 g/mol. The second-order valence-electron chi connectivity index (χ2n) is 10.9. The van der Waals surface area contributed by atoms with Crippen molar-refractivity contribution in [1.82, 2.24) is 9.47 Å². The summed E-state index contributed by atoms with van der Waals surface area (Å²) in [6.07, 6.45) is 0. The van der Waals surface area contributed by atoms with Crippen molar-refractivity contribution in [3.63, 3.8) is 0 Å². The molecule has 0 aliphatic carbocycles. The number of likely N-dealkylation sites (N-methyl/N-ethyl adjacent to an activating group) is 1. The number of thiazole rings is 1. The van der Waals surface area contributed by atoms with Gasteiger partial charge in [-0.05, 0) is 50.6 Å². The number of fused-ring (bicyclic) bond motifs is 3. The summed E-state index contributed by atoms with van der Waals surface area (Å²) in [4.78, 5) is 63.7. The van der Waals surface area contributed by atoms with Gasteiger partial charge in [-0.25, -0.2) is 4.99 Å². The topological polar surface area (TPSA) is 111 Å². The third-order valence-corrected chi connectivity index (χ3v) is 9.50. The molecule has 1 aromatic heterocycles. The van der Waals surface area contributed by atoms with Crippen LogP contribution in [0.5, 0.6) is 5.75 Å². The molecule has 46 heavy (non-hydrogen) atoms. The Labute approximate surface area is 269 Å². The lowest BCUT2D eigenvalue weighted by Crippen LogP contribution is -2.43. The number of amides is 2. The zero-order valence-electron chi connectivity index (χ0n) is 26.3. The summed E-state index contributed by atoms with van der Waals surface area (Å²) in [7, 11) is 1.56. The molecule has 4 aromatic rings. The van der Waals surface area contributed by atoms with E-state index < -0.39 is 23.5 Å². The number of carbonyl (C=O) groups excluding carboxylic acids is 3. The molecule has 0 spiro atoms. The quantitative estimate of drug-likeness (QED) is 0.273. The molecular weight excluding hydrogens is 604 g/mol. The minimum Gasteiger partial charge on any atom is -0.496 e. The Morgan fingerprint density at radius 2 is 1.70 bits per heavy atom. The summed E-state index contributed by atoms with van der Waals surface area (Å²) in [5.74, 6) is -0.739. The molecule has 0 fully saturated rings. The van der Waals surface area contributed by atoms with Crippen molar-refractivity contribution in [2.75, 3.05) is 38.3 Å². The van der Waals surface area contributed by atoms with Gasteiger partial charge in [0.1, 0.15) is 22.9 Å². The van der Waals surface area contributed by atoms with Crippen LogP contribution in [0.4, 0.5) is 5.69 Å². The molecule has 0 N–H and O–H groups in total. The molecule has 0 bridgehead atoms. The van der Waals surface area contributed by atoms with Gasteiger partial charge in [-0.1, -0.05) is 59.9 Å². The van der Waals surface area contributed by atoms with Crippen molar-refractivity contribution in [2.24, 2.45) is 4.99 Å². The average molecular weight is 639 g/mol. The summed E-state index contributed by atoms with van der Waals surface area (Å²) in [5.41, 5.74) is 2.28. The van der Waals surface area contributed by atoms with E-state index in [0.29, 0.717) is 51.7 Å². The van der Waals surface area contributed by atoms with Crippen LogP contribution >= 0.6 is 11.3 Å². The van der Waals surface area contributed by atoms with Crippen molar-refractivity contribution < 1.29 is 23.9 Å². The number of allylic oxidation sites excluding steroid dienone is 1. The highest BCUT2D eigenvalue weighted by atomic mass is 32.1. The second kappa shape index (κ2) is 12.4. The number of carbonyl (C=O) groups is 3. The number of rotatable bonds is 8. The molecule has 1 atom stereocenters. The Kier molecular flexibility index (Phi) is 8.35. The molecule has 11 heteroatoms. The molecule has 0 radical (unpaired) electrons.